The number of piperidine rings is 1. The Hall–Kier alpha value is -3.20. The van der Waals surface area contributed by atoms with E-state index < -0.39 is 10.0 Å². The first-order valence-corrected chi connectivity index (χ1v) is 11.2. The molecule has 2 aromatic carbocycles. The van der Waals surface area contributed by atoms with Gasteiger partial charge in [-0.05, 0) is 49.2 Å². The van der Waals surface area contributed by atoms with E-state index in [2.05, 4.69) is 15.0 Å². The highest BCUT2D eigenvalue weighted by Gasteiger charge is 2.28. The highest BCUT2D eigenvalue weighted by atomic mass is 32.2. The number of sulfonamides is 1. The molecule has 8 nitrogen and oxygen atoms in total. The molecule has 1 saturated heterocycles. The number of benzene rings is 2. The number of amidine groups is 1. The quantitative estimate of drug-likeness (QED) is 0.780. The van der Waals surface area contributed by atoms with E-state index in [1.807, 2.05) is 0 Å². The molecule has 2 aliphatic rings. The number of rotatable bonds is 3. The van der Waals surface area contributed by atoms with Crippen LogP contribution in [-0.4, -0.2) is 50.1 Å². The number of likely N-dealkylation sites (tertiary alicyclic amines) is 1. The first kappa shape index (κ1) is 20.1. The predicted octanol–water partition coefficient (Wildman–Crippen LogP) is 1.99. The van der Waals surface area contributed by atoms with Crippen molar-refractivity contribution in [3.05, 3.63) is 59.7 Å². The van der Waals surface area contributed by atoms with Crippen LogP contribution >= 0.6 is 0 Å². The summed E-state index contributed by atoms with van der Waals surface area (Å²) >= 11 is 0. The van der Waals surface area contributed by atoms with Crippen molar-refractivity contribution in [1.82, 2.24) is 10.2 Å². The first-order chi connectivity index (χ1) is 14.3. The summed E-state index contributed by atoms with van der Waals surface area (Å²) in [7, 11) is -3.68. The first-order valence-electron chi connectivity index (χ1n) is 9.71. The maximum atomic E-state index is 12.7. The predicted molar refractivity (Wildman–Crippen MR) is 113 cm³/mol. The second kappa shape index (κ2) is 7.91. The highest BCUT2D eigenvalue weighted by molar-refractivity contribution is 7.90. The lowest BCUT2D eigenvalue weighted by molar-refractivity contribution is -0.119. The second-order valence-corrected chi connectivity index (χ2v) is 8.95. The van der Waals surface area contributed by atoms with E-state index in [0.29, 0.717) is 29.9 Å². The molecule has 0 unspecified atom stereocenters. The van der Waals surface area contributed by atoms with Gasteiger partial charge in [-0.3, -0.25) is 9.59 Å². The van der Waals surface area contributed by atoms with Gasteiger partial charge in [-0.15, -0.1) is 4.40 Å². The molecule has 9 heteroatoms. The van der Waals surface area contributed by atoms with Crippen LogP contribution in [-0.2, 0) is 14.8 Å². The lowest BCUT2D eigenvalue weighted by Crippen LogP contribution is -2.46. The topological polar surface area (TPSA) is 108 Å². The lowest BCUT2D eigenvalue weighted by atomic mass is 10.0. The van der Waals surface area contributed by atoms with Crippen LogP contribution in [0.3, 0.4) is 0 Å². The summed E-state index contributed by atoms with van der Waals surface area (Å²) in [5.74, 6) is 0.156. The zero-order valence-corrected chi connectivity index (χ0v) is 17.3. The van der Waals surface area contributed by atoms with Crippen LogP contribution in [0.5, 0.6) is 0 Å². The number of hydrogen-bond donors (Lipinski definition) is 2. The Morgan fingerprint density at radius 2 is 1.70 bits per heavy atom. The average Bonchev–Trinajstić information content (AvgIpc) is 2.98. The van der Waals surface area contributed by atoms with Crippen molar-refractivity contribution < 1.29 is 18.0 Å². The number of amides is 2. The molecule has 0 spiro atoms. The Morgan fingerprint density at radius 3 is 2.37 bits per heavy atom. The van der Waals surface area contributed by atoms with Crippen molar-refractivity contribution in [2.75, 3.05) is 18.4 Å². The van der Waals surface area contributed by atoms with Crippen LogP contribution in [0.25, 0.3) is 0 Å². The van der Waals surface area contributed by atoms with Gasteiger partial charge in [-0.2, -0.15) is 8.42 Å². The third-order valence-electron chi connectivity index (χ3n) is 5.22. The van der Waals surface area contributed by atoms with Crippen molar-refractivity contribution in [2.45, 2.75) is 30.7 Å². The van der Waals surface area contributed by atoms with Gasteiger partial charge in [0.15, 0.2) is 5.84 Å². The smallest absolute Gasteiger partial charge is 0.285 e. The molecule has 2 N–H and O–H groups in total. The normalized spacial score (nSPS) is 17.8. The summed E-state index contributed by atoms with van der Waals surface area (Å²) in [6, 6.07) is 13.6. The molecule has 1 fully saturated rings. The van der Waals surface area contributed by atoms with Crippen LogP contribution in [0.2, 0.25) is 0 Å². The average molecular weight is 426 g/mol. The summed E-state index contributed by atoms with van der Waals surface area (Å²) < 4.78 is 28.1. The van der Waals surface area contributed by atoms with Gasteiger partial charge in [-0.25, -0.2) is 0 Å². The van der Waals surface area contributed by atoms with Gasteiger partial charge >= 0.3 is 0 Å². The fraction of sp³-hybridized carbons (Fsp3) is 0.286. The van der Waals surface area contributed by atoms with E-state index in [1.54, 1.807) is 47.4 Å². The summed E-state index contributed by atoms with van der Waals surface area (Å²) in [6.07, 6.45) is 1.47. The Kier molecular flexibility index (Phi) is 5.29. The SMILES string of the molecule is CC(=O)NC1CCN(C(=O)c2ccc(NC3=NS(=O)(=O)c4ccccc43)cc2)CC1. The molecular weight excluding hydrogens is 404 g/mol. The Labute approximate surface area is 175 Å². The fourth-order valence-corrected chi connectivity index (χ4v) is 4.90. The molecule has 2 amide bonds. The Bertz CT molecular complexity index is 1120. The summed E-state index contributed by atoms with van der Waals surface area (Å²) in [4.78, 5) is 25.9. The van der Waals surface area contributed by atoms with Crippen molar-refractivity contribution in [3.63, 3.8) is 0 Å². The third kappa shape index (κ3) is 4.06. The molecule has 2 heterocycles. The van der Waals surface area contributed by atoms with Crippen molar-refractivity contribution >= 4 is 33.4 Å². The minimum Gasteiger partial charge on any atom is -0.353 e. The number of nitrogens with one attached hydrogen (secondary N) is 2. The molecular formula is C21H22N4O4S. The minimum absolute atomic E-state index is 0.0508. The molecule has 0 aliphatic carbocycles. The van der Waals surface area contributed by atoms with E-state index in [4.69, 9.17) is 0 Å². The molecule has 0 saturated carbocycles. The molecule has 4 rings (SSSR count). The van der Waals surface area contributed by atoms with Crippen molar-refractivity contribution in [3.8, 4) is 0 Å². The number of carbonyl (C=O) groups is 2. The number of fused-ring (bicyclic) bond motifs is 1. The Morgan fingerprint density at radius 1 is 1.03 bits per heavy atom. The molecule has 0 aromatic heterocycles. The van der Waals surface area contributed by atoms with E-state index >= 15 is 0 Å². The van der Waals surface area contributed by atoms with Gasteiger partial charge in [0, 0.05) is 42.9 Å². The molecule has 0 radical (unpaired) electrons. The number of nitrogens with zero attached hydrogens (tertiary/aromatic N) is 2. The maximum Gasteiger partial charge on any atom is 0.285 e. The largest absolute Gasteiger partial charge is 0.353 e. The van der Waals surface area contributed by atoms with Gasteiger partial charge in [0.2, 0.25) is 5.91 Å². The number of carbonyl (C=O) groups excluding carboxylic acids is 2. The zero-order valence-electron chi connectivity index (χ0n) is 16.5. The number of hydrogen-bond acceptors (Lipinski definition) is 5. The fourth-order valence-electron chi connectivity index (χ4n) is 3.73. The summed E-state index contributed by atoms with van der Waals surface area (Å²) in [5, 5.41) is 5.92. The zero-order chi connectivity index (χ0) is 21.3. The minimum atomic E-state index is -3.68. The third-order valence-corrected chi connectivity index (χ3v) is 6.55. The van der Waals surface area contributed by atoms with E-state index in [1.165, 1.54) is 13.0 Å². The van der Waals surface area contributed by atoms with E-state index in [9.17, 15) is 18.0 Å². The molecule has 2 aromatic rings. The van der Waals surface area contributed by atoms with Crippen molar-refractivity contribution in [2.24, 2.45) is 4.40 Å². The van der Waals surface area contributed by atoms with E-state index in [-0.39, 0.29) is 28.6 Å². The van der Waals surface area contributed by atoms with Gasteiger partial charge in [0.05, 0.1) is 0 Å². The van der Waals surface area contributed by atoms with Crippen LogP contribution in [0.4, 0.5) is 5.69 Å². The van der Waals surface area contributed by atoms with Gasteiger partial charge in [0.25, 0.3) is 15.9 Å². The molecule has 156 valence electrons. The van der Waals surface area contributed by atoms with Crippen LogP contribution in [0.15, 0.2) is 57.8 Å². The van der Waals surface area contributed by atoms with E-state index in [0.717, 1.165) is 12.8 Å². The summed E-state index contributed by atoms with van der Waals surface area (Å²) in [5.41, 5.74) is 1.72. The van der Waals surface area contributed by atoms with Crippen LogP contribution in [0.1, 0.15) is 35.7 Å². The molecule has 0 atom stereocenters. The maximum absolute atomic E-state index is 12.7. The Balaban J connectivity index is 1.42. The van der Waals surface area contributed by atoms with Crippen molar-refractivity contribution in [1.29, 1.82) is 0 Å². The molecule has 0 bridgehead atoms. The molecule has 30 heavy (non-hydrogen) atoms. The van der Waals surface area contributed by atoms with Crippen LogP contribution < -0.4 is 10.6 Å². The highest BCUT2D eigenvalue weighted by Crippen LogP contribution is 2.27. The standard InChI is InChI=1S/C21H22N4O4S/c1-14(26)22-17-10-12-25(13-11-17)21(27)15-6-8-16(9-7-15)23-20-18-4-2-3-5-19(18)30(28,29)24-20/h2-9,17H,10-13H2,1H3,(H,22,26)(H,23,24). The van der Waals surface area contributed by atoms with Gasteiger partial charge in [-0.1, -0.05) is 12.1 Å². The monoisotopic (exact) mass is 426 g/mol. The summed E-state index contributed by atoms with van der Waals surface area (Å²) in [6.45, 7) is 2.68. The second-order valence-electron chi connectivity index (χ2n) is 7.38. The molecule has 2 aliphatic heterocycles. The number of anilines is 1. The van der Waals surface area contributed by atoms with Gasteiger partial charge in [0.1, 0.15) is 4.90 Å². The van der Waals surface area contributed by atoms with Crippen LogP contribution in [0, 0.1) is 0 Å². The lowest BCUT2D eigenvalue weighted by Gasteiger charge is -2.32. The van der Waals surface area contributed by atoms with Gasteiger partial charge < -0.3 is 15.5 Å².